The highest BCUT2D eigenvalue weighted by Crippen LogP contribution is 2.18. The van der Waals surface area contributed by atoms with Gasteiger partial charge in [-0.15, -0.1) is 0 Å². The van der Waals surface area contributed by atoms with Gasteiger partial charge in [-0.2, -0.15) is 0 Å². The van der Waals surface area contributed by atoms with Crippen LogP contribution in [-0.2, 0) is 9.53 Å². The Morgan fingerprint density at radius 1 is 1.38 bits per heavy atom. The van der Waals surface area contributed by atoms with Gasteiger partial charge in [-0.3, -0.25) is 4.79 Å². The fraction of sp³-hybridized carbons (Fsp3) is 0.364. The molecule has 88 valence electrons. The van der Waals surface area contributed by atoms with E-state index < -0.39 is 17.6 Å². The molecule has 0 amide bonds. The summed E-state index contributed by atoms with van der Waals surface area (Å²) in [5, 5.41) is 2.48. The van der Waals surface area contributed by atoms with E-state index in [1.165, 1.54) is 6.92 Å². The second kappa shape index (κ2) is 5.44. The van der Waals surface area contributed by atoms with Crippen LogP contribution in [0.4, 0.5) is 14.5 Å². The quantitative estimate of drug-likeness (QED) is 0.805. The molecule has 0 radical (unpaired) electrons. The zero-order valence-electron chi connectivity index (χ0n) is 9.14. The van der Waals surface area contributed by atoms with Gasteiger partial charge in [0.25, 0.3) is 0 Å². The van der Waals surface area contributed by atoms with Crippen molar-refractivity contribution in [2.45, 2.75) is 13.8 Å². The lowest BCUT2D eigenvalue weighted by molar-refractivity contribution is -0.140. The molecule has 0 aliphatic carbocycles. The van der Waals surface area contributed by atoms with E-state index in [1.807, 2.05) is 0 Å². The van der Waals surface area contributed by atoms with E-state index in [0.717, 1.165) is 12.1 Å². The Labute approximate surface area is 92.4 Å². The van der Waals surface area contributed by atoms with Gasteiger partial charge in [-0.05, 0) is 25.5 Å². The number of rotatable bonds is 4. The van der Waals surface area contributed by atoms with Gasteiger partial charge < -0.3 is 10.1 Å². The van der Waals surface area contributed by atoms with E-state index in [2.05, 4.69) is 10.1 Å². The van der Waals surface area contributed by atoms with Crippen LogP contribution in [0.1, 0.15) is 12.5 Å². The predicted octanol–water partition coefficient (Wildman–Crippen LogP) is 2.25. The molecule has 0 saturated heterocycles. The van der Waals surface area contributed by atoms with Crippen molar-refractivity contribution in [1.82, 2.24) is 0 Å². The van der Waals surface area contributed by atoms with Crippen LogP contribution in [0.3, 0.4) is 0 Å². The number of esters is 1. The first-order valence-electron chi connectivity index (χ1n) is 4.89. The van der Waals surface area contributed by atoms with Gasteiger partial charge in [0.15, 0.2) is 0 Å². The SMILES string of the molecule is CCOC(=O)CNc1cc(F)c(C)cc1F. The smallest absolute Gasteiger partial charge is 0.325 e. The van der Waals surface area contributed by atoms with Crippen molar-refractivity contribution in [3.05, 3.63) is 29.3 Å². The number of benzene rings is 1. The third kappa shape index (κ3) is 3.18. The number of nitrogens with one attached hydrogen (secondary N) is 1. The molecule has 0 unspecified atom stereocenters. The number of hydrogen-bond donors (Lipinski definition) is 1. The minimum Gasteiger partial charge on any atom is -0.465 e. The van der Waals surface area contributed by atoms with Crippen LogP contribution in [0, 0.1) is 18.6 Å². The minimum atomic E-state index is -0.594. The minimum absolute atomic E-state index is 0.0452. The summed E-state index contributed by atoms with van der Waals surface area (Å²) < 4.78 is 31.0. The number of carbonyl (C=O) groups excluding carboxylic acids is 1. The summed E-state index contributed by atoms with van der Waals surface area (Å²) in [6.45, 7) is 3.20. The summed E-state index contributed by atoms with van der Waals surface area (Å²) in [6.07, 6.45) is 0. The molecule has 3 nitrogen and oxygen atoms in total. The number of ether oxygens (including phenoxy) is 1. The summed E-state index contributed by atoms with van der Waals surface area (Å²) >= 11 is 0. The molecule has 0 atom stereocenters. The standard InChI is InChI=1S/C11H13F2NO2/c1-3-16-11(15)6-14-10-5-8(12)7(2)4-9(10)13/h4-5,14H,3,6H2,1-2H3. The summed E-state index contributed by atoms with van der Waals surface area (Å²) in [5.74, 6) is -1.63. The van der Waals surface area contributed by atoms with Crippen molar-refractivity contribution < 1.29 is 18.3 Å². The predicted molar refractivity (Wildman–Crippen MR) is 56.2 cm³/mol. The van der Waals surface area contributed by atoms with Crippen molar-refractivity contribution in [2.75, 3.05) is 18.5 Å². The van der Waals surface area contributed by atoms with Gasteiger partial charge in [0.2, 0.25) is 0 Å². The average Bonchev–Trinajstić information content (AvgIpc) is 2.22. The van der Waals surface area contributed by atoms with Crippen LogP contribution in [0.2, 0.25) is 0 Å². The summed E-state index contributed by atoms with van der Waals surface area (Å²) in [5.41, 5.74) is 0.176. The van der Waals surface area contributed by atoms with E-state index in [9.17, 15) is 13.6 Å². The molecule has 0 aliphatic rings. The van der Waals surface area contributed by atoms with Crippen LogP contribution >= 0.6 is 0 Å². The molecule has 1 aromatic carbocycles. The number of aryl methyl sites for hydroxylation is 1. The normalized spacial score (nSPS) is 10.0. The third-order valence-corrected chi connectivity index (χ3v) is 1.98. The highest BCUT2D eigenvalue weighted by Gasteiger charge is 2.08. The Balaban J connectivity index is 2.67. The molecule has 1 aromatic rings. The fourth-order valence-electron chi connectivity index (χ4n) is 1.16. The van der Waals surface area contributed by atoms with Gasteiger partial charge in [0, 0.05) is 6.07 Å². The second-order valence-corrected chi connectivity index (χ2v) is 3.24. The maximum Gasteiger partial charge on any atom is 0.325 e. The maximum atomic E-state index is 13.3. The van der Waals surface area contributed by atoms with E-state index in [0.29, 0.717) is 0 Å². The molecule has 0 fully saturated rings. The molecule has 0 heterocycles. The maximum absolute atomic E-state index is 13.3. The first kappa shape index (κ1) is 12.4. The molecule has 1 N–H and O–H groups in total. The lowest BCUT2D eigenvalue weighted by Crippen LogP contribution is -2.17. The Morgan fingerprint density at radius 2 is 2.06 bits per heavy atom. The van der Waals surface area contributed by atoms with Gasteiger partial charge >= 0.3 is 5.97 Å². The molecule has 0 bridgehead atoms. The third-order valence-electron chi connectivity index (χ3n) is 1.98. The lowest BCUT2D eigenvalue weighted by atomic mass is 10.2. The van der Waals surface area contributed by atoms with Crippen molar-refractivity contribution in [3.8, 4) is 0 Å². The van der Waals surface area contributed by atoms with Gasteiger partial charge in [-0.1, -0.05) is 0 Å². The van der Waals surface area contributed by atoms with Crippen molar-refractivity contribution in [2.24, 2.45) is 0 Å². The van der Waals surface area contributed by atoms with Crippen LogP contribution in [0.5, 0.6) is 0 Å². The molecular formula is C11H13F2NO2. The van der Waals surface area contributed by atoms with Crippen molar-refractivity contribution >= 4 is 11.7 Å². The second-order valence-electron chi connectivity index (χ2n) is 3.24. The highest BCUT2D eigenvalue weighted by molar-refractivity contribution is 5.75. The molecule has 16 heavy (non-hydrogen) atoms. The molecular weight excluding hydrogens is 216 g/mol. The van der Waals surface area contributed by atoms with Crippen LogP contribution in [0.15, 0.2) is 12.1 Å². The summed E-state index contributed by atoms with van der Waals surface area (Å²) in [4.78, 5) is 11.0. The van der Waals surface area contributed by atoms with Crippen LogP contribution < -0.4 is 5.32 Å². The molecule has 0 aromatic heterocycles. The first-order valence-corrected chi connectivity index (χ1v) is 4.89. The zero-order chi connectivity index (χ0) is 12.1. The van der Waals surface area contributed by atoms with E-state index in [-0.39, 0.29) is 24.4 Å². The number of carbonyl (C=O) groups is 1. The van der Waals surface area contributed by atoms with E-state index >= 15 is 0 Å². The molecule has 0 saturated carbocycles. The first-order chi connectivity index (χ1) is 7.54. The van der Waals surface area contributed by atoms with Crippen molar-refractivity contribution in [1.29, 1.82) is 0 Å². The van der Waals surface area contributed by atoms with Gasteiger partial charge in [-0.25, -0.2) is 8.78 Å². The Kier molecular flexibility index (Phi) is 4.22. The molecule has 5 heteroatoms. The molecule has 0 spiro atoms. The Morgan fingerprint density at radius 3 is 2.69 bits per heavy atom. The summed E-state index contributed by atoms with van der Waals surface area (Å²) in [7, 11) is 0. The number of hydrogen-bond acceptors (Lipinski definition) is 3. The Bertz CT molecular complexity index is 394. The van der Waals surface area contributed by atoms with Gasteiger partial charge in [0.1, 0.15) is 18.2 Å². The van der Waals surface area contributed by atoms with Gasteiger partial charge in [0.05, 0.1) is 12.3 Å². The molecule has 1 rings (SSSR count). The summed E-state index contributed by atoms with van der Waals surface area (Å²) in [6, 6.07) is 2.09. The zero-order valence-corrected chi connectivity index (χ0v) is 9.14. The average molecular weight is 229 g/mol. The number of anilines is 1. The highest BCUT2D eigenvalue weighted by atomic mass is 19.1. The number of halogens is 2. The lowest BCUT2D eigenvalue weighted by Gasteiger charge is -2.08. The van der Waals surface area contributed by atoms with E-state index in [1.54, 1.807) is 6.92 Å². The fourth-order valence-corrected chi connectivity index (χ4v) is 1.16. The van der Waals surface area contributed by atoms with Crippen LogP contribution in [0.25, 0.3) is 0 Å². The largest absolute Gasteiger partial charge is 0.465 e. The Hall–Kier alpha value is -1.65. The topological polar surface area (TPSA) is 38.3 Å². The van der Waals surface area contributed by atoms with Crippen LogP contribution in [-0.4, -0.2) is 19.1 Å². The van der Waals surface area contributed by atoms with E-state index in [4.69, 9.17) is 0 Å². The van der Waals surface area contributed by atoms with Crippen molar-refractivity contribution in [3.63, 3.8) is 0 Å². The molecule has 0 aliphatic heterocycles. The monoisotopic (exact) mass is 229 g/mol.